The highest BCUT2D eigenvalue weighted by atomic mass is 16.4. The number of nitrogens with one attached hydrogen (secondary N) is 2. The lowest BCUT2D eigenvalue weighted by Gasteiger charge is -2.09. The van der Waals surface area contributed by atoms with E-state index in [-0.39, 0.29) is 17.7 Å². The summed E-state index contributed by atoms with van der Waals surface area (Å²) < 4.78 is 7.24. The average molecular weight is 286 g/mol. The number of carbonyl (C=O) groups is 1. The lowest BCUT2D eigenvalue weighted by atomic mass is 10.3. The van der Waals surface area contributed by atoms with Crippen molar-refractivity contribution in [1.82, 2.24) is 30.3 Å². The number of amides is 1. The minimum Gasteiger partial charge on any atom is -0.454 e. The number of aromatic nitrogens is 5. The van der Waals surface area contributed by atoms with Crippen molar-refractivity contribution < 1.29 is 9.21 Å². The van der Waals surface area contributed by atoms with Crippen molar-refractivity contribution in [2.45, 2.75) is 19.5 Å². The van der Waals surface area contributed by atoms with Gasteiger partial charge >= 0.3 is 0 Å². The minimum atomic E-state index is -0.300. The van der Waals surface area contributed by atoms with E-state index >= 15 is 0 Å². The third kappa shape index (κ3) is 2.99. The van der Waals surface area contributed by atoms with Crippen molar-refractivity contribution in [2.75, 3.05) is 0 Å². The van der Waals surface area contributed by atoms with Crippen LogP contribution in [-0.4, -0.2) is 30.9 Å². The number of aromatic amines is 1. The molecule has 0 aromatic carbocycles. The van der Waals surface area contributed by atoms with Gasteiger partial charge in [0.15, 0.2) is 5.76 Å². The van der Waals surface area contributed by atoms with E-state index in [1.54, 1.807) is 23.0 Å². The SMILES string of the molecule is CC(NC(=O)c1ccc(Cn2cccn2)o1)c1ncn[nH]1. The molecule has 1 atom stereocenters. The van der Waals surface area contributed by atoms with Gasteiger partial charge in [-0.1, -0.05) is 0 Å². The molecule has 3 rings (SSSR count). The molecule has 21 heavy (non-hydrogen) atoms. The van der Waals surface area contributed by atoms with Crippen LogP contribution in [-0.2, 0) is 6.54 Å². The fourth-order valence-electron chi connectivity index (χ4n) is 1.90. The fraction of sp³-hybridized carbons (Fsp3) is 0.231. The molecule has 0 aliphatic heterocycles. The molecular formula is C13H14N6O2. The van der Waals surface area contributed by atoms with Gasteiger partial charge in [0.2, 0.25) is 0 Å². The third-order valence-corrected chi connectivity index (χ3v) is 2.95. The van der Waals surface area contributed by atoms with E-state index in [4.69, 9.17) is 4.42 Å². The van der Waals surface area contributed by atoms with Gasteiger partial charge < -0.3 is 9.73 Å². The van der Waals surface area contributed by atoms with Gasteiger partial charge in [0.25, 0.3) is 5.91 Å². The molecule has 0 aliphatic rings. The lowest BCUT2D eigenvalue weighted by Crippen LogP contribution is -2.27. The van der Waals surface area contributed by atoms with Gasteiger partial charge in [0.05, 0.1) is 12.6 Å². The van der Waals surface area contributed by atoms with Crippen LogP contribution < -0.4 is 5.32 Å². The second-order valence-corrected chi connectivity index (χ2v) is 4.54. The van der Waals surface area contributed by atoms with Crippen LogP contribution in [0.1, 0.15) is 35.1 Å². The molecule has 3 heterocycles. The van der Waals surface area contributed by atoms with Crippen LogP contribution in [0.15, 0.2) is 41.3 Å². The van der Waals surface area contributed by atoms with Crippen molar-refractivity contribution >= 4 is 5.91 Å². The summed E-state index contributed by atoms with van der Waals surface area (Å²) in [7, 11) is 0. The lowest BCUT2D eigenvalue weighted by molar-refractivity contribution is 0.0908. The first-order valence-electron chi connectivity index (χ1n) is 6.44. The summed E-state index contributed by atoms with van der Waals surface area (Å²) in [6, 6.07) is 4.95. The third-order valence-electron chi connectivity index (χ3n) is 2.95. The van der Waals surface area contributed by atoms with Crippen molar-refractivity contribution in [1.29, 1.82) is 0 Å². The van der Waals surface area contributed by atoms with Crippen LogP contribution >= 0.6 is 0 Å². The first kappa shape index (κ1) is 13.1. The molecule has 3 aromatic rings. The molecule has 108 valence electrons. The van der Waals surface area contributed by atoms with E-state index in [2.05, 4.69) is 25.6 Å². The summed E-state index contributed by atoms with van der Waals surface area (Å²) in [4.78, 5) is 16.1. The van der Waals surface area contributed by atoms with E-state index < -0.39 is 0 Å². The summed E-state index contributed by atoms with van der Waals surface area (Å²) >= 11 is 0. The van der Waals surface area contributed by atoms with E-state index in [0.717, 1.165) is 0 Å². The first-order valence-corrected chi connectivity index (χ1v) is 6.44. The Morgan fingerprint density at radius 2 is 2.43 bits per heavy atom. The maximum absolute atomic E-state index is 12.1. The Balaban J connectivity index is 1.64. The molecule has 8 heteroatoms. The number of H-pyrrole nitrogens is 1. The van der Waals surface area contributed by atoms with E-state index in [1.807, 2.05) is 19.2 Å². The Hall–Kier alpha value is -2.90. The van der Waals surface area contributed by atoms with Crippen molar-refractivity contribution in [3.05, 3.63) is 54.3 Å². The number of furan rings is 1. The summed E-state index contributed by atoms with van der Waals surface area (Å²) in [5, 5.41) is 13.3. The highest BCUT2D eigenvalue weighted by molar-refractivity contribution is 5.91. The Kier molecular flexibility index (Phi) is 3.50. The second-order valence-electron chi connectivity index (χ2n) is 4.54. The molecule has 0 saturated heterocycles. The largest absolute Gasteiger partial charge is 0.454 e. The average Bonchev–Trinajstić information content (AvgIpc) is 3.22. The number of carbonyl (C=O) groups excluding carboxylic acids is 1. The molecule has 3 aromatic heterocycles. The standard InChI is InChI=1S/C13H14N6O2/c1-9(12-14-8-15-18-12)17-13(20)11-4-3-10(21-11)7-19-6-2-5-16-19/h2-6,8-9H,7H2,1H3,(H,17,20)(H,14,15,18). The molecule has 0 spiro atoms. The number of nitrogens with zero attached hydrogens (tertiary/aromatic N) is 4. The quantitative estimate of drug-likeness (QED) is 0.732. The first-order chi connectivity index (χ1) is 10.2. The van der Waals surface area contributed by atoms with Crippen LogP contribution in [0, 0.1) is 0 Å². The second kappa shape index (κ2) is 5.61. The number of rotatable bonds is 5. The van der Waals surface area contributed by atoms with Gasteiger partial charge in [-0.2, -0.15) is 10.2 Å². The predicted octanol–water partition coefficient (Wildman–Crippen LogP) is 1.13. The van der Waals surface area contributed by atoms with Crippen LogP contribution in [0.4, 0.5) is 0 Å². The van der Waals surface area contributed by atoms with Crippen LogP contribution in [0.2, 0.25) is 0 Å². The van der Waals surface area contributed by atoms with Crippen molar-refractivity contribution in [3.8, 4) is 0 Å². The minimum absolute atomic E-state index is 0.253. The van der Waals surface area contributed by atoms with Crippen LogP contribution in [0.25, 0.3) is 0 Å². The molecular weight excluding hydrogens is 272 g/mol. The Morgan fingerprint density at radius 3 is 3.14 bits per heavy atom. The van der Waals surface area contributed by atoms with Crippen molar-refractivity contribution in [3.63, 3.8) is 0 Å². The fourth-order valence-corrected chi connectivity index (χ4v) is 1.90. The Morgan fingerprint density at radius 1 is 1.52 bits per heavy atom. The maximum Gasteiger partial charge on any atom is 0.287 e. The molecule has 1 unspecified atom stereocenters. The monoisotopic (exact) mass is 286 g/mol. The van der Waals surface area contributed by atoms with E-state index in [9.17, 15) is 4.79 Å². The molecule has 0 radical (unpaired) electrons. The van der Waals surface area contributed by atoms with E-state index in [1.165, 1.54) is 6.33 Å². The summed E-state index contributed by atoms with van der Waals surface area (Å²) in [6.45, 7) is 2.30. The van der Waals surface area contributed by atoms with Gasteiger partial charge in [-0.3, -0.25) is 14.6 Å². The number of hydrogen-bond donors (Lipinski definition) is 2. The summed E-state index contributed by atoms with van der Waals surface area (Å²) in [5.74, 6) is 1.21. The van der Waals surface area contributed by atoms with Gasteiger partial charge in [-0.15, -0.1) is 0 Å². The van der Waals surface area contributed by atoms with Crippen LogP contribution in [0.3, 0.4) is 0 Å². The number of hydrogen-bond acceptors (Lipinski definition) is 5. The Bertz CT molecular complexity index is 701. The molecule has 8 nitrogen and oxygen atoms in total. The zero-order valence-electron chi connectivity index (χ0n) is 11.4. The van der Waals surface area contributed by atoms with Gasteiger partial charge in [-0.25, -0.2) is 4.98 Å². The zero-order chi connectivity index (χ0) is 14.7. The predicted molar refractivity (Wildman–Crippen MR) is 72.3 cm³/mol. The molecule has 0 bridgehead atoms. The highest BCUT2D eigenvalue weighted by Gasteiger charge is 2.16. The summed E-state index contributed by atoms with van der Waals surface area (Å²) in [6.07, 6.45) is 4.91. The molecule has 2 N–H and O–H groups in total. The molecule has 0 aliphatic carbocycles. The van der Waals surface area contributed by atoms with Gasteiger partial charge in [-0.05, 0) is 25.1 Å². The highest BCUT2D eigenvalue weighted by Crippen LogP contribution is 2.11. The van der Waals surface area contributed by atoms with Crippen LogP contribution in [0.5, 0.6) is 0 Å². The molecule has 1 amide bonds. The topological polar surface area (TPSA) is 102 Å². The summed E-state index contributed by atoms with van der Waals surface area (Å²) in [5.41, 5.74) is 0. The molecule has 0 saturated carbocycles. The molecule has 0 fully saturated rings. The van der Waals surface area contributed by atoms with Crippen molar-refractivity contribution in [2.24, 2.45) is 0 Å². The van der Waals surface area contributed by atoms with E-state index in [0.29, 0.717) is 18.1 Å². The zero-order valence-corrected chi connectivity index (χ0v) is 11.4. The Labute approximate surface area is 120 Å². The smallest absolute Gasteiger partial charge is 0.287 e. The van der Waals surface area contributed by atoms with Gasteiger partial charge in [0, 0.05) is 12.4 Å². The maximum atomic E-state index is 12.1. The van der Waals surface area contributed by atoms with Gasteiger partial charge in [0.1, 0.15) is 17.9 Å². The normalized spacial score (nSPS) is 12.2.